The van der Waals surface area contributed by atoms with Crippen LogP contribution in [-0.4, -0.2) is 42.4 Å². The summed E-state index contributed by atoms with van der Waals surface area (Å²) in [5.74, 6) is -1.08. The Kier molecular flexibility index (Phi) is 7.75. The Morgan fingerprint density at radius 3 is 1.91 bits per heavy atom. The van der Waals surface area contributed by atoms with Gasteiger partial charge in [-0.3, -0.25) is 9.59 Å². The molecule has 0 saturated heterocycles. The van der Waals surface area contributed by atoms with Gasteiger partial charge in [0.25, 0.3) is 11.8 Å². The number of nitrogens with one attached hydrogen (secondary N) is 1. The van der Waals surface area contributed by atoms with Crippen LogP contribution in [-0.2, 0) is 9.53 Å². The molecule has 3 rings (SSSR count). The van der Waals surface area contributed by atoms with Crippen LogP contribution in [0.3, 0.4) is 0 Å². The van der Waals surface area contributed by atoms with E-state index >= 15 is 0 Å². The van der Waals surface area contributed by atoms with Gasteiger partial charge in [-0.2, -0.15) is 0 Å². The molecule has 0 aliphatic carbocycles. The Morgan fingerprint density at radius 2 is 1.31 bits per heavy atom. The van der Waals surface area contributed by atoms with Crippen LogP contribution in [0.2, 0.25) is 0 Å². The number of carbonyl (C=O) groups is 3. The van der Waals surface area contributed by atoms with E-state index in [9.17, 15) is 14.4 Å². The maximum Gasteiger partial charge on any atom is 0.338 e. The first-order valence-electron chi connectivity index (χ1n) is 10.5. The summed E-state index contributed by atoms with van der Waals surface area (Å²) in [6, 6.07) is 23.5. The van der Waals surface area contributed by atoms with Crippen molar-refractivity contribution in [2.24, 2.45) is 0 Å². The van der Waals surface area contributed by atoms with Crippen molar-refractivity contribution in [2.75, 3.05) is 25.0 Å². The third kappa shape index (κ3) is 5.82. The maximum atomic E-state index is 12.3. The monoisotopic (exact) mass is 430 g/mol. The van der Waals surface area contributed by atoms with Crippen molar-refractivity contribution in [3.05, 3.63) is 90.0 Å². The van der Waals surface area contributed by atoms with Crippen LogP contribution in [0.1, 0.15) is 34.6 Å². The number of carbonyl (C=O) groups excluding carboxylic acids is 3. The average molecular weight is 431 g/mol. The Labute approximate surface area is 187 Å². The standard InChI is InChI=1S/C26H26N2O4/c1-3-28(4-2)25(30)21-14-16-23(17-15-21)27-24(29)18-32-26(31)22-12-10-20(11-13-22)19-8-6-5-7-9-19/h5-17H,3-4,18H2,1-2H3,(H,27,29). The van der Waals surface area contributed by atoms with Crippen LogP contribution in [0.5, 0.6) is 0 Å². The highest BCUT2D eigenvalue weighted by Gasteiger charge is 2.13. The van der Waals surface area contributed by atoms with E-state index in [4.69, 9.17) is 4.74 Å². The predicted molar refractivity (Wildman–Crippen MR) is 124 cm³/mol. The zero-order chi connectivity index (χ0) is 22.9. The summed E-state index contributed by atoms with van der Waals surface area (Å²) in [5.41, 5.74) is 3.49. The molecule has 0 spiro atoms. The molecule has 6 nitrogen and oxygen atoms in total. The van der Waals surface area contributed by atoms with E-state index in [2.05, 4.69) is 5.32 Å². The molecule has 0 aliphatic rings. The second kappa shape index (κ2) is 10.9. The van der Waals surface area contributed by atoms with E-state index in [-0.39, 0.29) is 5.91 Å². The lowest BCUT2D eigenvalue weighted by Crippen LogP contribution is -2.30. The van der Waals surface area contributed by atoms with Crippen molar-refractivity contribution in [1.82, 2.24) is 4.90 Å². The summed E-state index contributed by atoms with van der Waals surface area (Å²) in [7, 11) is 0. The number of benzene rings is 3. The van der Waals surface area contributed by atoms with E-state index in [1.807, 2.05) is 56.3 Å². The van der Waals surface area contributed by atoms with Crippen molar-refractivity contribution >= 4 is 23.5 Å². The van der Waals surface area contributed by atoms with Gasteiger partial charge in [0, 0.05) is 24.3 Å². The van der Waals surface area contributed by atoms with E-state index in [0.717, 1.165) is 11.1 Å². The lowest BCUT2D eigenvalue weighted by Gasteiger charge is -2.18. The molecule has 0 radical (unpaired) electrons. The number of esters is 1. The number of ether oxygens (including phenoxy) is 1. The quantitative estimate of drug-likeness (QED) is 0.529. The lowest BCUT2D eigenvalue weighted by molar-refractivity contribution is -0.119. The summed E-state index contributed by atoms with van der Waals surface area (Å²) >= 11 is 0. The van der Waals surface area contributed by atoms with Gasteiger partial charge in [-0.1, -0.05) is 42.5 Å². The van der Waals surface area contributed by atoms with Crippen LogP contribution in [0.25, 0.3) is 11.1 Å². The van der Waals surface area contributed by atoms with E-state index < -0.39 is 18.5 Å². The summed E-state index contributed by atoms with van der Waals surface area (Å²) in [5, 5.41) is 2.66. The molecule has 0 aliphatic heterocycles. The molecule has 0 atom stereocenters. The molecule has 3 aromatic carbocycles. The summed E-state index contributed by atoms with van der Waals surface area (Å²) in [4.78, 5) is 38.4. The minimum atomic E-state index is -0.570. The van der Waals surface area contributed by atoms with Crippen molar-refractivity contribution in [2.45, 2.75) is 13.8 Å². The average Bonchev–Trinajstić information content (AvgIpc) is 2.84. The fourth-order valence-electron chi connectivity index (χ4n) is 3.23. The molecule has 6 heteroatoms. The van der Waals surface area contributed by atoms with Crippen molar-refractivity contribution < 1.29 is 19.1 Å². The molecular formula is C26H26N2O4. The second-order valence-electron chi connectivity index (χ2n) is 7.12. The number of hydrogen-bond acceptors (Lipinski definition) is 4. The molecule has 0 fully saturated rings. The summed E-state index contributed by atoms with van der Waals surface area (Å²) in [6.45, 7) is 4.71. The molecule has 164 valence electrons. The molecule has 0 saturated carbocycles. The number of nitrogens with zero attached hydrogens (tertiary/aromatic N) is 1. The summed E-state index contributed by atoms with van der Waals surface area (Å²) in [6.07, 6.45) is 0. The Balaban J connectivity index is 1.51. The topological polar surface area (TPSA) is 75.7 Å². The highest BCUT2D eigenvalue weighted by Crippen LogP contribution is 2.19. The van der Waals surface area contributed by atoms with E-state index in [0.29, 0.717) is 29.9 Å². The highest BCUT2D eigenvalue weighted by atomic mass is 16.5. The molecular weight excluding hydrogens is 404 g/mol. The fourth-order valence-corrected chi connectivity index (χ4v) is 3.23. The number of rotatable bonds is 8. The van der Waals surface area contributed by atoms with Gasteiger partial charge in [-0.15, -0.1) is 0 Å². The first-order chi connectivity index (χ1) is 15.5. The maximum absolute atomic E-state index is 12.3. The fraction of sp³-hybridized carbons (Fsp3) is 0.192. The number of hydrogen-bond donors (Lipinski definition) is 1. The van der Waals surface area contributed by atoms with Crippen molar-refractivity contribution in [3.63, 3.8) is 0 Å². The van der Waals surface area contributed by atoms with E-state index in [1.54, 1.807) is 41.3 Å². The smallest absolute Gasteiger partial charge is 0.338 e. The van der Waals surface area contributed by atoms with Crippen LogP contribution in [0.15, 0.2) is 78.9 Å². The van der Waals surface area contributed by atoms with Gasteiger partial charge >= 0.3 is 5.97 Å². The molecule has 1 N–H and O–H groups in total. The molecule has 0 heterocycles. The molecule has 3 aromatic rings. The van der Waals surface area contributed by atoms with Gasteiger partial charge in [-0.25, -0.2) is 4.79 Å². The molecule has 0 bridgehead atoms. The third-order valence-electron chi connectivity index (χ3n) is 5.03. The Hall–Kier alpha value is -3.93. The van der Waals surface area contributed by atoms with Crippen molar-refractivity contribution in [3.8, 4) is 11.1 Å². The number of anilines is 1. The van der Waals surface area contributed by atoms with Crippen LogP contribution >= 0.6 is 0 Å². The third-order valence-corrected chi connectivity index (χ3v) is 5.03. The van der Waals surface area contributed by atoms with Crippen LogP contribution in [0.4, 0.5) is 5.69 Å². The molecule has 0 aromatic heterocycles. The van der Waals surface area contributed by atoms with Gasteiger partial charge in [0.15, 0.2) is 6.61 Å². The largest absolute Gasteiger partial charge is 0.452 e. The predicted octanol–water partition coefficient (Wildman–Crippen LogP) is 4.63. The van der Waals surface area contributed by atoms with Gasteiger partial charge in [0.05, 0.1) is 5.56 Å². The normalized spacial score (nSPS) is 10.3. The van der Waals surface area contributed by atoms with Gasteiger partial charge in [0.1, 0.15) is 0 Å². The Morgan fingerprint density at radius 1 is 0.750 bits per heavy atom. The molecule has 32 heavy (non-hydrogen) atoms. The molecule has 0 unspecified atom stereocenters. The lowest BCUT2D eigenvalue weighted by atomic mass is 10.0. The van der Waals surface area contributed by atoms with Crippen LogP contribution < -0.4 is 5.32 Å². The minimum absolute atomic E-state index is 0.0555. The molecule has 2 amide bonds. The van der Waals surface area contributed by atoms with Gasteiger partial charge in [-0.05, 0) is 61.4 Å². The number of amides is 2. The minimum Gasteiger partial charge on any atom is -0.452 e. The zero-order valence-corrected chi connectivity index (χ0v) is 18.2. The van der Waals surface area contributed by atoms with Crippen LogP contribution in [0, 0.1) is 0 Å². The zero-order valence-electron chi connectivity index (χ0n) is 18.2. The van der Waals surface area contributed by atoms with Gasteiger partial charge in [0.2, 0.25) is 0 Å². The first-order valence-corrected chi connectivity index (χ1v) is 10.5. The summed E-state index contributed by atoms with van der Waals surface area (Å²) < 4.78 is 5.12. The van der Waals surface area contributed by atoms with Crippen molar-refractivity contribution in [1.29, 1.82) is 0 Å². The first kappa shape index (κ1) is 22.7. The Bertz CT molecular complexity index is 1060. The van der Waals surface area contributed by atoms with E-state index in [1.165, 1.54) is 0 Å². The SMILES string of the molecule is CCN(CC)C(=O)c1ccc(NC(=O)COC(=O)c2ccc(-c3ccccc3)cc2)cc1. The highest BCUT2D eigenvalue weighted by molar-refractivity contribution is 5.97. The van der Waals surface area contributed by atoms with Gasteiger partial charge < -0.3 is 15.0 Å². The second-order valence-corrected chi connectivity index (χ2v) is 7.12.